The van der Waals surface area contributed by atoms with Crippen LogP contribution in [0.4, 0.5) is 17.5 Å². The van der Waals surface area contributed by atoms with Gasteiger partial charge in [-0.1, -0.05) is 11.2 Å². The van der Waals surface area contributed by atoms with Crippen LogP contribution in [0.3, 0.4) is 0 Å². The van der Waals surface area contributed by atoms with Crippen molar-refractivity contribution in [1.82, 2.24) is 25.0 Å². The van der Waals surface area contributed by atoms with Crippen LogP contribution >= 0.6 is 0 Å². The highest BCUT2D eigenvalue weighted by atomic mass is 16.5. The van der Waals surface area contributed by atoms with Gasteiger partial charge in [0.2, 0.25) is 0 Å². The summed E-state index contributed by atoms with van der Waals surface area (Å²) >= 11 is 0. The molecule has 28 heavy (non-hydrogen) atoms. The minimum atomic E-state index is -0.0465. The number of carbonyl (C=O) groups is 1. The van der Waals surface area contributed by atoms with Crippen LogP contribution in [-0.2, 0) is 0 Å². The maximum Gasteiger partial charge on any atom is 0.259 e. The number of rotatable bonds is 4. The molecule has 0 aliphatic carbocycles. The van der Waals surface area contributed by atoms with E-state index in [0.717, 1.165) is 11.6 Å². The summed E-state index contributed by atoms with van der Waals surface area (Å²) in [5.41, 5.74) is 0.521. The second kappa shape index (κ2) is 7.63. The van der Waals surface area contributed by atoms with E-state index in [1.54, 1.807) is 13.1 Å². The van der Waals surface area contributed by atoms with Gasteiger partial charge in [-0.2, -0.15) is 0 Å². The first-order valence-corrected chi connectivity index (χ1v) is 9.09. The average Bonchev–Trinajstić information content (AvgIpc) is 3.14. The number of hydrogen-bond donors (Lipinski definition) is 1. The van der Waals surface area contributed by atoms with Crippen molar-refractivity contribution >= 4 is 23.4 Å². The van der Waals surface area contributed by atoms with Gasteiger partial charge in [-0.3, -0.25) is 4.79 Å². The Balaban J connectivity index is 1.44. The van der Waals surface area contributed by atoms with Crippen LogP contribution in [0, 0.1) is 13.8 Å². The summed E-state index contributed by atoms with van der Waals surface area (Å²) in [6.45, 7) is 6.20. The molecule has 3 aromatic heterocycles. The van der Waals surface area contributed by atoms with Crippen LogP contribution in [0.2, 0.25) is 0 Å². The lowest BCUT2D eigenvalue weighted by molar-refractivity contribution is 0.0744. The summed E-state index contributed by atoms with van der Waals surface area (Å²) in [7, 11) is 0. The second-order valence-electron chi connectivity index (χ2n) is 6.57. The van der Waals surface area contributed by atoms with Crippen LogP contribution in [-0.4, -0.2) is 57.1 Å². The van der Waals surface area contributed by atoms with Crippen LogP contribution in [0.25, 0.3) is 0 Å². The Labute approximate surface area is 162 Å². The summed E-state index contributed by atoms with van der Waals surface area (Å²) < 4.78 is 5.01. The highest BCUT2D eigenvalue weighted by Gasteiger charge is 2.25. The molecule has 4 rings (SSSR count). The Morgan fingerprint density at radius 3 is 2.61 bits per heavy atom. The normalized spacial score (nSPS) is 14.2. The summed E-state index contributed by atoms with van der Waals surface area (Å²) in [5, 5.41) is 6.90. The van der Waals surface area contributed by atoms with Crippen molar-refractivity contribution in [3.8, 4) is 0 Å². The number of pyridine rings is 1. The number of carbonyl (C=O) groups excluding carboxylic acids is 1. The van der Waals surface area contributed by atoms with Gasteiger partial charge in [0.05, 0.1) is 6.20 Å². The minimum Gasteiger partial charge on any atom is -0.361 e. The van der Waals surface area contributed by atoms with E-state index in [0.29, 0.717) is 49.1 Å². The second-order valence-corrected chi connectivity index (χ2v) is 6.57. The zero-order valence-electron chi connectivity index (χ0n) is 15.8. The highest BCUT2D eigenvalue weighted by Crippen LogP contribution is 2.21. The number of aryl methyl sites for hydroxylation is 2. The molecule has 0 unspecified atom stereocenters. The lowest BCUT2D eigenvalue weighted by Gasteiger charge is -2.35. The van der Waals surface area contributed by atoms with Gasteiger partial charge in [0.25, 0.3) is 5.91 Å². The van der Waals surface area contributed by atoms with E-state index in [-0.39, 0.29) is 5.91 Å². The summed E-state index contributed by atoms with van der Waals surface area (Å²) in [6, 6.07) is 7.57. The molecular weight excluding hydrogens is 358 g/mol. The molecule has 1 saturated heterocycles. The molecule has 1 N–H and O–H groups in total. The van der Waals surface area contributed by atoms with E-state index in [4.69, 9.17) is 4.52 Å². The fraction of sp³-hybridized carbons (Fsp3) is 0.316. The molecule has 1 fully saturated rings. The predicted octanol–water partition coefficient (Wildman–Crippen LogP) is 2.18. The van der Waals surface area contributed by atoms with Crippen molar-refractivity contribution in [2.75, 3.05) is 36.4 Å². The van der Waals surface area contributed by atoms with Gasteiger partial charge in [0, 0.05) is 38.4 Å². The lowest BCUT2D eigenvalue weighted by Crippen LogP contribution is -2.49. The van der Waals surface area contributed by atoms with Gasteiger partial charge in [-0.25, -0.2) is 15.0 Å². The van der Waals surface area contributed by atoms with E-state index in [9.17, 15) is 4.79 Å². The zero-order chi connectivity index (χ0) is 19.5. The predicted molar refractivity (Wildman–Crippen MR) is 104 cm³/mol. The third-order valence-electron chi connectivity index (χ3n) is 4.62. The Kier molecular flexibility index (Phi) is 4.88. The molecule has 0 saturated carbocycles. The van der Waals surface area contributed by atoms with Gasteiger partial charge in [-0.15, -0.1) is 0 Å². The molecule has 0 atom stereocenters. The molecule has 9 heteroatoms. The quantitative estimate of drug-likeness (QED) is 0.736. The van der Waals surface area contributed by atoms with Crippen molar-refractivity contribution in [1.29, 1.82) is 0 Å². The molecule has 1 amide bonds. The Hall–Kier alpha value is -3.49. The van der Waals surface area contributed by atoms with Crippen LogP contribution in [0.1, 0.15) is 21.9 Å². The number of amides is 1. The molecule has 144 valence electrons. The van der Waals surface area contributed by atoms with Gasteiger partial charge in [0.15, 0.2) is 0 Å². The van der Waals surface area contributed by atoms with Gasteiger partial charge in [-0.05, 0) is 26.0 Å². The molecule has 9 nitrogen and oxygen atoms in total. The SMILES string of the molecule is Cc1nc(Nc2ccccn2)cc(N2CCN(C(=O)c3cnoc3C)CC2)n1. The molecule has 4 heterocycles. The standard InChI is InChI=1S/C19H21N7O2/c1-13-15(12-21-28-13)19(27)26-9-7-25(8-10-26)18-11-17(22-14(2)23-18)24-16-5-3-4-6-20-16/h3-6,11-12H,7-10H2,1-2H3,(H,20,22,23,24). The smallest absolute Gasteiger partial charge is 0.259 e. The molecular formula is C19H21N7O2. The lowest BCUT2D eigenvalue weighted by atomic mass is 10.2. The van der Waals surface area contributed by atoms with Crippen LogP contribution in [0.15, 0.2) is 41.2 Å². The number of aromatic nitrogens is 4. The third kappa shape index (κ3) is 3.78. The topological polar surface area (TPSA) is 100 Å². The summed E-state index contributed by atoms with van der Waals surface area (Å²) in [6.07, 6.45) is 3.21. The minimum absolute atomic E-state index is 0.0465. The van der Waals surface area contributed by atoms with E-state index < -0.39 is 0 Å². The number of hydrogen-bond acceptors (Lipinski definition) is 8. The zero-order valence-corrected chi connectivity index (χ0v) is 15.8. The van der Waals surface area contributed by atoms with E-state index in [1.165, 1.54) is 6.20 Å². The number of piperazine rings is 1. The van der Waals surface area contributed by atoms with Crippen molar-refractivity contribution in [2.45, 2.75) is 13.8 Å². The molecule has 0 bridgehead atoms. The molecule has 0 spiro atoms. The largest absolute Gasteiger partial charge is 0.361 e. The Bertz CT molecular complexity index is 965. The highest BCUT2D eigenvalue weighted by molar-refractivity contribution is 5.94. The number of anilines is 3. The molecule has 0 radical (unpaired) electrons. The molecule has 3 aromatic rings. The van der Waals surface area contributed by atoms with Crippen molar-refractivity contribution in [3.05, 3.63) is 53.8 Å². The molecule has 1 aliphatic rings. The molecule has 1 aliphatic heterocycles. The number of nitrogens with zero attached hydrogens (tertiary/aromatic N) is 6. The maximum absolute atomic E-state index is 12.6. The van der Waals surface area contributed by atoms with Crippen LogP contribution < -0.4 is 10.2 Å². The first kappa shape index (κ1) is 17.9. The fourth-order valence-electron chi connectivity index (χ4n) is 3.16. The van der Waals surface area contributed by atoms with E-state index in [2.05, 4.69) is 30.3 Å². The Morgan fingerprint density at radius 1 is 1.11 bits per heavy atom. The first-order chi connectivity index (χ1) is 13.6. The van der Waals surface area contributed by atoms with Crippen molar-refractivity contribution < 1.29 is 9.32 Å². The summed E-state index contributed by atoms with van der Waals surface area (Å²) in [5.74, 6) is 3.43. The average molecular weight is 379 g/mol. The van der Waals surface area contributed by atoms with Crippen molar-refractivity contribution in [3.63, 3.8) is 0 Å². The van der Waals surface area contributed by atoms with Crippen molar-refractivity contribution in [2.24, 2.45) is 0 Å². The third-order valence-corrected chi connectivity index (χ3v) is 4.62. The Morgan fingerprint density at radius 2 is 1.93 bits per heavy atom. The fourth-order valence-corrected chi connectivity index (χ4v) is 3.16. The monoisotopic (exact) mass is 379 g/mol. The number of nitrogens with one attached hydrogen (secondary N) is 1. The van der Waals surface area contributed by atoms with E-state index >= 15 is 0 Å². The van der Waals surface area contributed by atoms with E-state index in [1.807, 2.05) is 36.1 Å². The summed E-state index contributed by atoms with van der Waals surface area (Å²) in [4.78, 5) is 29.8. The van der Waals surface area contributed by atoms with Gasteiger partial charge < -0.3 is 19.6 Å². The maximum atomic E-state index is 12.6. The first-order valence-electron chi connectivity index (χ1n) is 9.09. The van der Waals surface area contributed by atoms with Gasteiger partial charge in [0.1, 0.15) is 34.6 Å². The van der Waals surface area contributed by atoms with Crippen LogP contribution in [0.5, 0.6) is 0 Å². The molecule has 0 aromatic carbocycles. The van der Waals surface area contributed by atoms with Gasteiger partial charge >= 0.3 is 0 Å².